The first kappa shape index (κ1) is 12.2. The Balaban J connectivity index is 2.24. The molecule has 0 spiro atoms. The standard InChI is InChI=1S/C12H9BrFN5/c1-2-19-6-15-10-7(5-16-18-12(10)19)9-4-3-8(14)11(13)17-9/h3-6H,2H2,1H3. The van der Waals surface area contributed by atoms with Crippen LogP contribution in [0.3, 0.4) is 0 Å². The molecule has 0 aliphatic carbocycles. The third-order valence-corrected chi connectivity index (χ3v) is 3.38. The molecule has 0 aliphatic heterocycles. The van der Waals surface area contributed by atoms with Crippen LogP contribution in [0.2, 0.25) is 0 Å². The Morgan fingerprint density at radius 2 is 2.21 bits per heavy atom. The first-order valence-corrected chi connectivity index (χ1v) is 6.49. The number of nitrogens with zero attached hydrogens (tertiary/aromatic N) is 5. The van der Waals surface area contributed by atoms with Crippen LogP contribution in [0.5, 0.6) is 0 Å². The average molecular weight is 322 g/mol. The second-order valence-electron chi connectivity index (χ2n) is 3.93. The van der Waals surface area contributed by atoms with E-state index in [1.807, 2.05) is 11.5 Å². The van der Waals surface area contributed by atoms with Crippen LogP contribution >= 0.6 is 15.9 Å². The lowest BCUT2D eigenvalue weighted by atomic mass is 10.2. The van der Waals surface area contributed by atoms with E-state index in [9.17, 15) is 4.39 Å². The Kier molecular flexibility index (Phi) is 2.98. The van der Waals surface area contributed by atoms with Crippen LogP contribution in [0.4, 0.5) is 4.39 Å². The quantitative estimate of drug-likeness (QED) is 0.681. The maximum Gasteiger partial charge on any atom is 0.183 e. The molecule has 0 amide bonds. The lowest BCUT2D eigenvalue weighted by molar-refractivity contribution is 0.613. The molecule has 3 aromatic rings. The van der Waals surface area contributed by atoms with E-state index in [4.69, 9.17) is 0 Å². The Bertz CT molecular complexity index is 755. The summed E-state index contributed by atoms with van der Waals surface area (Å²) in [6, 6.07) is 2.96. The molecule has 0 radical (unpaired) electrons. The summed E-state index contributed by atoms with van der Waals surface area (Å²) in [5, 5.41) is 8.04. The molecular formula is C12H9BrFN5. The van der Waals surface area contributed by atoms with E-state index in [0.717, 1.165) is 12.1 Å². The predicted molar refractivity (Wildman–Crippen MR) is 71.9 cm³/mol. The van der Waals surface area contributed by atoms with E-state index in [1.54, 1.807) is 18.6 Å². The van der Waals surface area contributed by atoms with Gasteiger partial charge in [0.15, 0.2) is 11.5 Å². The molecule has 0 unspecified atom stereocenters. The van der Waals surface area contributed by atoms with Crippen molar-refractivity contribution in [3.8, 4) is 11.3 Å². The monoisotopic (exact) mass is 321 g/mol. The fraction of sp³-hybridized carbons (Fsp3) is 0.167. The maximum atomic E-state index is 13.2. The van der Waals surface area contributed by atoms with Gasteiger partial charge in [-0.25, -0.2) is 14.4 Å². The summed E-state index contributed by atoms with van der Waals surface area (Å²) in [5.74, 6) is -0.402. The van der Waals surface area contributed by atoms with Gasteiger partial charge in [-0.2, -0.15) is 5.10 Å². The van der Waals surface area contributed by atoms with Gasteiger partial charge >= 0.3 is 0 Å². The highest BCUT2D eigenvalue weighted by Crippen LogP contribution is 2.26. The van der Waals surface area contributed by atoms with E-state index in [2.05, 4.69) is 36.1 Å². The van der Waals surface area contributed by atoms with Crippen molar-refractivity contribution >= 4 is 27.1 Å². The van der Waals surface area contributed by atoms with E-state index >= 15 is 0 Å². The lowest BCUT2D eigenvalue weighted by Crippen LogP contribution is -1.96. The van der Waals surface area contributed by atoms with Crippen LogP contribution in [0.15, 0.2) is 29.3 Å². The van der Waals surface area contributed by atoms with Gasteiger partial charge in [0, 0.05) is 6.54 Å². The molecule has 5 nitrogen and oxygen atoms in total. The molecule has 0 saturated carbocycles. The van der Waals surface area contributed by atoms with Gasteiger partial charge in [-0.05, 0) is 35.0 Å². The molecule has 3 rings (SSSR count). The zero-order valence-electron chi connectivity index (χ0n) is 10.0. The van der Waals surface area contributed by atoms with E-state index in [1.165, 1.54) is 6.07 Å². The van der Waals surface area contributed by atoms with Crippen LogP contribution < -0.4 is 0 Å². The molecule has 0 bridgehead atoms. The second kappa shape index (κ2) is 4.65. The summed E-state index contributed by atoms with van der Waals surface area (Å²) in [7, 11) is 0. The van der Waals surface area contributed by atoms with Crippen molar-refractivity contribution in [3.63, 3.8) is 0 Å². The Morgan fingerprint density at radius 1 is 1.37 bits per heavy atom. The number of fused-ring (bicyclic) bond motifs is 1. The van der Waals surface area contributed by atoms with Gasteiger partial charge in [0.2, 0.25) is 0 Å². The number of hydrogen-bond donors (Lipinski definition) is 0. The minimum Gasteiger partial charge on any atom is -0.314 e. The largest absolute Gasteiger partial charge is 0.314 e. The molecule has 3 heterocycles. The molecule has 3 aromatic heterocycles. The van der Waals surface area contributed by atoms with Crippen molar-refractivity contribution in [2.45, 2.75) is 13.5 Å². The normalized spacial score (nSPS) is 11.1. The van der Waals surface area contributed by atoms with Gasteiger partial charge in [-0.15, -0.1) is 5.10 Å². The summed E-state index contributed by atoms with van der Waals surface area (Å²) >= 11 is 3.08. The molecule has 7 heteroatoms. The van der Waals surface area contributed by atoms with Crippen LogP contribution in [0.25, 0.3) is 22.4 Å². The van der Waals surface area contributed by atoms with Crippen LogP contribution in [-0.4, -0.2) is 24.7 Å². The Morgan fingerprint density at radius 3 is 2.95 bits per heavy atom. The highest BCUT2D eigenvalue weighted by Gasteiger charge is 2.13. The van der Waals surface area contributed by atoms with Crippen molar-refractivity contribution < 1.29 is 4.39 Å². The average Bonchev–Trinajstić information content (AvgIpc) is 2.85. The maximum absolute atomic E-state index is 13.2. The Labute approximate surface area is 116 Å². The van der Waals surface area contributed by atoms with E-state index in [-0.39, 0.29) is 4.60 Å². The first-order valence-electron chi connectivity index (χ1n) is 5.69. The van der Waals surface area contributed by atoms with Gasteiger partial charge in [-0.3, -0.25) is 0 Å². The fourth-order valence-electron chi connectivity index (χ4n) is 1.86. The van der Waals surface area contributed by atoms with Crippen LogP contribution in [0, 0.1) is 5.82 Å². The Hall–Kier alpha value is -1.89. The summed E-state index contributed by atoms with van der Waals surface area (Å²) in [6.07, 6.45) is 3.30. The number of aromatic nitrogens is 5. The third kappa shape index (κ3) is 1.99. The lowest BCUT2D eigenvalue weighted by Gasteiger charge is -2.03. The van der Waals surface area contributed by atoms with Crippen molar-refractivity contribution in [3.05, 3.63) is 35.1 Å². The summed E-state index contributed by atoms with van der Waals surface area (Å²) in [4.78, 5) is 8.48. The molecule has 0 aromatic carbocycles. The van der Waals surface area contributed by atoms with E-state index < -0.39 is 5.82 Å². The van der Waals surface area contributed by atoms with Gasteiger partial charge in [0.1, 0.15) is 10.1 Å². The molecular weight excluding hydrogens is 313 g/mol. The van der Waals surface area contributed by atoms with Crippen molar-refractivity contribution in [2.75, 3.05) is 0 Å². The SMILES string of the molecule is CCn1cnc2c(-c3ccc(F)c(Br)n3)cnnc21. The smallest absolute Gasteiger partial charge is 0.183 e. The molecule has 96 valence electrons. The number of imidazole rings is 1. The second-order valence-corrected chi connectivity index (χ2v) is 4.68. The summed E-state index contributed by atoms with van der Waals surface area (Å²) in [6.45, 7) is 2.76. The molecule has 19 heavy (non-hydrogen) atoms. The molecule has 0 atom stereocenters. The zero-order valence-corrected chi connectivity index (χ0v) is 11.6. The van der Waals surface area contributed by atoms with Crippen LogP contribution in [-0.2, 0) is 6.54 Å². The highest BCUT2D eigenvalue weighted by molar-refractivity contribution is 9.10. The molecule has 0 N–H and O–H groups in total. The molecule has 0 saturated heterocycles. The molecule has 0 fully saturated rings. The van der Waals surface area contributed by atoms with Gasteiger partial charge in [0.05, 0.1) is 23.8 Å². The summed E-state index contributed by atoms with van der Waals surface area (Å²) < 4.78 is 15.3. The number of rotatable bonds is 2. The van der Waals surface area contributed by atoms with Gasteiger partial charge < -0.3 is 4.57 Å². The minimum absolute atomic E-state index is 0.171. The minimum atomic E-state index is -0.402. The number of hydrogen-bond acceptors (Lipinski definition) is 4. The number of aryl methyl sites for hydroxylation is 1. The van der Waals surface area contributed by atoms with E-state index in [0.29, 0.717) is 16.9 Å². The van der Waals surface area contributed by atoms with Crippen molar-refractivity contribution in [2.24, 2.45) is 0 Å². The van der Waals surface area contributed by atoms with Gasteiger partial charge in [0.25, 0.3) is 0 Å². The topological polar surface area (TPSA) is 56.5 Å². The third-order valence-electron chi connectivity index (χ3n) is 2.82. The summed E-state index contributed by atoms with van der Waals surface area (Å²) in [5.41, 5.74) is 2.75. The predicted octanol–water partition coefficient (Wildman–Crippen LogP) is 2.81. The first-order chi connectivity index (χ1) is 9.20. The fourth-order valence-corrected chi connectivity index (χ4v) is 2.18. The number of pyridine rings is 1. The molecule has 0 aliphatic rings. The van der Waals surface area contributed by atoms with Crippen molar-refractivity contribution in [1.29, 1.82) is 0 Å². The van der Waals surface area contributed by atoms with Crippen molar-refractivity contribution in [1.82, 2.24) is 24.7 Å². The van der Waals surface area contributed by atoms with Crippen LogP contribution in [0.1, 0.15) is 6.92 Å². The number of halogens is 2. The zero-order chi connectivity index (χ0) is 13.4. The van der Waals surface area contributed by atoms with Gasteiger partial charge in [-0.1, -0.05) is 0 Å². The highest BCUT2D eigenvalue weighted by atomic mass is 79.9.